The zero-order chi connectivity index (χ0) is 34.0. The van der Waals surface area contributed by atoms with Gasteiger partial charge in [-0.3, -0.25) is 4.79 Å². The lowest BCUT2D eigenvalue weighted by molar-refractivity contribution is -0.149. The first kappa shape index (κ1) is 38.3. The molecule has 3 heterocycles. The second-order valence-corrected chi connectivity index (χ2v) is 15.7. The maximum absolute atomic E-state index is 13.1. The fraction of sp³-hybridized carbons (Fsp3) is 0.795. The van der Waals surface area contributed by atoms with Crippen LogP contribution in [0.25, 0.3) is 0 Å². The third kappa shape index (κ3) is 12.2. The highest BCUT2D eigenvalue weighted by Gasteiger charge is 2.46. The van der Waals surface area contributed by atoms with Crippen molar-refractivity contribution in [1.82, 2.24) is 9.80 Å². The Bertz CT molecular complexity index is 1060. The molecule has 3 aliphatic rings. The van der Waals surface area contributed by atoms with E-state index in [0.717, 1.165) is 44.5 Å². The van der Waals surface area contributed by atoms with Gasteiger partial charge in [0.25, 0.3) is 0 Å². The van der Waals surface area contributed by atoms with Gasteiger partial charge in [0.2, 0.25) is 0 Å². The normalized spacial score (nSPS) is 32.3. The number of likely N-dealkylation sites (N-methyl/N-ethyl adjacent to an activating group) is 1. The van der Waals surface area contributed by atoms with Gasteiger partial charge in [-0.1, -0.05) is 86.1 Å². The van der Waals surface area contributed by atoms with E-state index in [9.17, 15) is 9.59 Å². The van der Waals surface area contributed by atoms with Crippen molar-refractivity contribution in [3.05, 3.63) is 36.0 Å². The summed E-state index contributed by atoms with van der Waals surface area (Å²) >= 11 is 0. The van der Waals surface area contributed by atoms with Crippen LogP contribution in [-0.4, -0.2) is 79.5 Å². The van der Waals surface area contributed by atoms with Crippen LogP contribution in [0.5, 0.6) is 0 Å². The molecular weight excluding hydrogens is 576 g/mol. The third-order valence-corrected chi connectivity index (χ3v) is 10.8. The predicted molar refractivity (Wildman–Crippen MR) is 188 cm³/mol. The molecule has 46 heavy (non-hydrogen) atoms. The molecule has 0 N–H and O–H groups in total. The topological polar surface area (TPSA) is 71.6 Å². The quantitative estimate of drug-likeness (QED) is 0.0921. The zero-order valence-corrected chi connectivity index (χ0v) is 30.8. The predicted octanol–water partition coefficient (Wildman–Crippen LogP) is 8.45. The number of likely N-dealkylation sites (tertiary alicyclic amines) is 1. The van der Waals surface area contributed by atoms with Crippen LogP contribution in [0.3, 0.4) is 0 Å². The number of epoxide rings is 1. The highest BCUT2D eigenvalue weighted by Crippen LogP contribution is 2.41. The number of rotatable bonds is 12. The van der Waals surface area contributed by atoms with Gasteiger partial charge >= 0.3 is 12.1 Å². The van der Waals surface area contributed by atoms with Crippen molar-refractivity contribution < 1.29 is 23.8 Å². The Hall–Kier alpha value is -2.12. The lowest BCUT2D eigenvalue weighted by Crippen LogP contribution is -2.38. The van der Waals surface area contributed by atoms with Crippen LogP contribution in [0.1, 0.15) is 107 Å². The van der Waals surface area contributed by atoms with Crippen LogP contribution < -0.4 is 0 Å². The Balaban J connectivity index is 1.68. The number of esters is 1. The van der Waals surface area contributed by atoms with Crippen LogP contribution in [0.4, 0.5) is 4.79 Å². The number of amides is 1. The summed E-state index contributed by atoms with van der Waals surface area (Å²) in [5.74, 6) is 1.34. The van der Waals surface area contributed by atoms with E-state index in [0.29, 0.717) is 37.0 Å². The number of nitrogens with zero attached hydrogens (tertiary/aromatic N) is 2. The zero-order valence-electron chi connectivity index (χ0n) is 30.8. The molecule has 2 fully saturated rings. The van der Waals surface area contributed by atoms with E-state index in [1.807, 2.05) is 20.0 Å². The van der Waals surface area contributed by atoms with Gasteiger partial charge in [0.05, 0.1) is 12.2 Å². The fourth-order valence-electron chi connectivity index (χ4n) is 6.85. The number of hydrogen-bond acceptors (Lipinski definition) is 6. The fourth-order valence-corrected chi connectivity index (χ4v) is 6.85. The molecule has 3 rings (SSSR count). The number of carbonyl (C=O) groups excluding carboxylic acids is 2. The second kappa shape index (κ2) is 17.9. The van der Waals surface area contributed by atoms with Crippen LogP contribution in [0.2, 0.25) is 0 Å². The van der Waals surface area contributed by atoms with Gasteiger partial charge in [0.15, 0.2) is 0 Å². The van der Waals surface area contributed by atoms with E-state index in [2.05, 4.69) is 84.6 Å². The molecule has 9 atom stereocenters. The molecule has 0 aromatic carbocycles. The number of ether oxygens (including phenoxy) is 3. The van der Waals surface area contributed by atoms with Crippen molar-refractivity contribution in [3.8, 4) is 0 Å². The van der Waals surface area contributed by atoms with Gasteiger partial charge < -0.3 is 24.0 Å². The van der Waals surface area contributed by atoms with E-state index in [4.69, 9.17) is 14.2 Å². The average molecular weight is 643 g/mol. The van der Waals surface area contributed by atoms with Gasteiger partial charge in [-0.05, 0) is 92.9 Å². The second-order valence-electron chi connectivity index (χ2n) is 15.7. The van der Waals surface area contributed by atoms with Crippen molar-refractivity contribution in [2.45, 2.75) is 132 Å². The van der Waals surface area contributed by atoms with E-state index in [-0.39, 0.29) is 41.3 Å². The Morgan fingerprint density at radius 1 is 1.15 bits per heavy atom. The van der Waals surface area contributed by atoms with Crippen molar-refractivity contribution in [1.29, 1.82) is 0 Å². The molecule has 0 saturated carbocycles. The summed E-state index contributed by atoms with van der Waals surface area (Å²) in [6.07, 6.45) is 17.0. The molecular formula is C39H66N2O5. The van der Waals surface area contributed by atoms with Crippen molar-refractivity contribution in [2.75, 3.05) is 33.2 Å². The Morgan fingerprint density at radius 2 is 1.85 bits per heavy atom. The smallest absolute Gasteiger partial charge is 0.410 e. The van der Waals surface area contributed by atoms with Gasteiger partial charge in [0.1, 0.15) is 12.2 Å². The standard InChI is InChI=1S/C39H66N2O5/c1-11-28(3)32(7)37-34(44-37)26-39(8,9)20-14-15-30(5)36-31(6)18-19-33(29(4)17-16-27(2)25-35(42)46-36)45-38(43)40(10)23-24-41-21-12-13-22-41/h14-15,18-20,27-29,31-34,36-37H,11-13,16-17,21-26H2,1-10H3/b19-18+,20-14+,30-15+. The lowest BCUT2D eigenvalue weighted by Gasteiger charge is -2.29. The maximum atomic E-state index is 13.1. The lowest BCUT2D eigenvalue weighted by atomic mass is 9.83. The van der Waals surface area contributed by atoms with E-state index < -0.39 is 6.10 Å². The molecule has 7 nitrogen and oxygen atoms in total. The third-order valence-electron chi connectivity index (χ3n) is 10.8. The monoisotopic (exact) mass is 642 g/mol. The SMILES string of the molecule is CCC(C)C(C)C1OC1CC(C)(C)/C=C/C=C(\C)C1OC(=O)CC(C)CCC(C)C(OC(=O)N(C)CCN2CCCC2)/C=C/C1C. The maximum Gasteiger partial charge on any atom is 0.410 e. The Labute approximate surface area is 281 Å². The molecule has 3 aliphatic heterocycles. The molecule has 1 amide bonds. The summed E-state index contributed by atoms with van der Waals surface area (Å²) in [7, 11) is 1.83. The van der Waals surface area contributed by atoms with Crippen molar-refractivity contribution >= 4 is 12.1 Å². The van der Waals surface area contributed by atoms with Crippen LogP contribution in [0, 0.1) is 35.0 Å². The molecule has 262 valence electrons. The first-order valence-electron chi connectivity index (χ1n) is 18.2. The molecule has 2 saturated heterocycles. The molecule has 0 aliphatic carbocycles. The molecule has 0 radical (unpaired) electrons. The molecule has 0 aromatic rings. The highest BCUT2D eigenvalue weighted by atomic mass is 16.6. The number of allylic oxidation sites excluding steroid dienone is 3. The number of hydrogen-bond donors (Lipinski definition) is 0. The summed E-state index contributed by atoms with van der Waals surface area (Å²) < 4.78 is 18.3. The molecule has 0 aromatic heterocycles. The van der Waals surface area contributed by atoms with E-state index in [1.54, 1.807) is 4.90 Å². The van der Waals surface area contributed by atoms with E-state index in [1.165, 1.54) is 19.3 Å². The summed E-state index contributed by atoms with van der Waals surface area (Å²) in [6, 6.07) is 0. The number of carbonyl (C=O) groups is 2. The molecule has 9 unspecified atom stereocenters. The minimum atomic E-state index is -0.398. The van der Waals surface area contributed by atoms with Gasteiger partial charge in [-0.25, -0.2) is 4.79 Å². The van der Waals surface area contributed by atoms with Crippen molar-refractivity contribution in [3.63, 3.8) is 0 Å². The summed E-state index contributed by atoms with van der Waals surface area (Å²) in [5.41, 5.74) is 0.987. The minimum absolute atomic E-state index is 0.00955. The van der Waals surface area contributed by atoms with Crippen LogP contribution >= 0.6 is 0 Å². The minimum Gasteiger partial charge on any atom is -0.457 e. The van der Waals surface area contributed by atoms with Gasteiger partial charge in [-0.15, -0.1) is 0 Å². The average Bonchev–Trinajstić information content (AvgIpc) is 3.54. The summed E-state index contributed by atoms with van der Waals surface area (Å²) in [6.45, 7) is 23.5. The molecule has 7 heteroatoms. The van der Waals surface area contributed by atoms with Gasteiger partial charge in [-0.2, -0.15) is 0 Å². The first-order chi connectivity index (χ1) is 21.7. The summed E-state index contributed by atoms with van der Waals surface area (Å²) in [5, 5.41) is 0. The highest BCUT2D eigenvalue weighted by molar-refractivity contribution is 5.70. The molecule has 0 spiro atoms. The van der Waals surface area contributed by atoms with Crippen LogP contribution in [0.15, 0.2) is 36.0 Å². The Morgan fingerprint density at radius 3 is 2.52 bits per heavy atom. The largest absolute Gasteiger partial charge is 0.457 e. The van der Waals surface area contributed by atoms with Crippen LogP contribution in [-0.2, 0) is 19.0 Å². The van der Waals surface area contributed by atoms with Gasteiger partial charge in [0, 0.05) is 32.5 Å². The molecule has 0 bridgehead atoms. The summed E-state index contributed by atoms with van der Waals surface area (Å²) in [4.78, 5) is 30.3. The Kier molecular flexibility index (Phi) is 14.9. The van der Waals surface area contributed by atoms with E-state index >= 15 is 0 Å². The van der Waals surface area contributed by atoms with Crippen molar-refractivity contribution in [2.24, 2.45) is 35.0 Å². The number of cyclic esters (lactones) is 1. The first-order valence-corrected chi connectivity index (χ1v) is 18.2.